The predicted octanol–water partition coefficient (Wildman–Crippen LogP) is 2.81. The molecule has 2 aromatic rings. The van der Waals surface area contributed by atoms with Gasteiger partial charge >= 0.3 is 0 Å². The molecule has 0 radical (unpaired) electrons. The molecule has 0 bridgehead atoms. The maximum atomic E-state index is 12.8. The highest BCUT2D eigenvalue weighted by atomic mass is 35.5. The first-order valence-corrected chi connectivity index (χ1v) is 11.0. The Bertz CT molecular complexity index is 996. The molecule has 33 heavy (non-hydrogen) atoms. The highest BCUT2D eigenvalue weighted by Crippen LogP contribution is 2.21. The van der Waals surface area contributed by atoms with Gasteiger partial charge in [0, 0.05) is 55.5 Å². The van der Waals surface area contributed by atoms with Crippen LogP contribution >= 0.6 is 11.6 Å². The normalized spacial score (nSPS) is 10.5. The van der Waals surface area contributed by atoms with Crippen LogP contribution in [0.4, 0.5) is 0 Å². The van der Waals surface area contributed by atoms with Crippen molar-refractivity contribution in [3.05, 3.63) is 63.7 Å². The highest BCUT2D eigenvalue weighted by molar-refractivity contribution is 6.31. The van der Waals surface area contributed by atoms with Crippen LogP contribution in [0.1, 0.15) is 38.8 Å². The Morgan fingerprint density at radius 3 is 2.52 bits per heavy atom. The number of nitrogens with one attached hydrogen (secondary N) is 2. The maximum Gasteiger partial charge on any atom is 0.257 e. The van der Waals surface area contributed by atoms with Crippen LogP contribution in [0.25, 0.3) is 0 Å². The summed E-state index contributed by atoms with van der Waals surface area (Å²) in [6, 6.07) is 10.1. The van der Waals surface area contributed by atoms with Gasteiger partial charge in [-0.2, -0.15) is 0 Å². The zero-order chi connectivity index (χ0) is 24.4. The molecule has 178 valence electrons. The molecule has 0 aromatic heterocycles. The molecule has 3 amide bonds. The Morgan fingerprint density at radius 2 is 1.82 bits per heavy atom. The molecule has 0 atom stereocenters. The van der Waals surface area contributed by atoms with Crippen LogP contribution in [-0.4, -0.2) is 63.1 Å². The summed E-state index contributed by atoms with van der Waals surface area (Å²) in [4.78, 5) is 38.5. The van der Waals surface area contributed by atoms with E-state index in [1.807, 2.05) is 26.0 Å². The van der Waals surface area contributed by atoms with Gasteiger partial charge in [-0.1, -0.05) is 23.7 Å². The van der Waals surface area contributed by atoms with E-state index >= 15 is 0 Å². The van der Waals surface area contributed by atoms with Crippen LogP contribution in [0, 0.1) is 6.92 Å². The van der Waals surface area contributed by atoms with Gasteiger partial charge in [-0.3, -0.25) is 14.4 Å². The number of hydrogen-bond acceptors (Lipinski definition) is 5. The summed E-state index contributed by atoms with van der Waals surface area (Å²) < 4.78 is 10.9. The molecule has 0 saturated heterocycles. The van der Waals surface area contributed by atoms with Crippen molar-refractivity contribution in [3.63, 3.8) is 0 Å². The Balaban J connectivity index is 2.10. The molecule has 2 rings (SSSR count). The molecule has 0 aliphatic carbocycles. The second-order valence-electron chi connectivity index (χ2n) is 7.41. The number of hydrogen-bond donors (Lipinski definition) is 2. The van der Waals surface area contributed by atoms with Gasteiger partial charge in [-0.15, -0.1) is 0 Å². The van der Waals surface area contributed by atoms with Gasteiger partial charge in [-0.05, 0) is 43.7 Å². The summed E-state index contributed by atoms with van der Waals surface area (Å²) in [7, 11) is 3.20. The minimum atomic E-state index is -0.388. The zero-order valence-corrected chi connectivity index (χ0v) is 20.1. The molecule has 2 aromatic carbocycles. The molecule has 0 unspecified atom stereocenters. The van der Waals surface area contributed by atoms with Crippen LogP contribution in [0.15, 0.2) is 36.4 Å². The van der Waals surface area contributed by atoms with Gasteiger partial charge in [0.25, 0.3) is 17.7 Å². The van der Waals surface area contributed by atoms with Crippen molar-refractivity contribution in [3.8, 4) is 5.75 Å². The molecular formula is C24H30ClN3O5. The monoisotopic (exact) mass is 475 g/mol. The summed E-state index contributed by atoms with van der Waals surface area (Å²) in [6.45, 7) is 5.26. The third kappa shape index (κ3) is 8.07. The fraction of sp³-hybridized carbons (Fsp3) is 0.375. The van der Waals surface area contributed by atoms with E-state index in [1.54, 1.807) is 13.1 Å². The van der Waals surface area contributed by atoms with Crippen molar-refractivity contribution < 1.29 is 23.9 Å². The van der Waals surface area contributed by atoms with Crippen LogP contribution < -0.4 is 15.4 Å². The average Bonchev–Trinajstić information content (AvgIpc) is 2.80. The Hall–Kier alpha value is -3.10. The fourth-order valence-corrected chi connectivity index (χ4v) is 3.18. The number of carbonyl (C=O) groups excluding carboxylic acids is 3. The first kappa shape index (κ1) is 26.2. The fourth-order valence-electron chi connectivity index (χ4n) is 2.95. The number of amides is 3. The van der Waals surface area contributed by atoms with Gasteiger partial charge in [0.15, 0.2) is 6.61 Å². The topological polar surface area (TPSA) is 97.0 Å². The van der Waals surface area contributed by atoms with Gasteiger partial charge in [0.05, 0.1) is 6.61 Å². The third-order valence-electron chi connectivity index (χ3n) is 4.83. The smallest absolute Gasteiger partial charge is 0.257 e. The van der Waals surface area contributed by atoms with Crippen LogP contribution in [0.5, 0.6) is 5.75 Å². The second kappa shape index (κ2) is 12.8. The van der Waals surface area contributed by atoms with E-state index in [0.29, 0.717) is 36.6 Å². The standard InChI is InChI=1S/C24H30ClN3O5/c1-5-32-9-8-28(4)24(31)19-11-18(12-20(25)13-19)23(30)27-14-17-7-6-16(2)10-21(17)33-15-22(29)26-3/h6-7,10-13H,5,8-9,14-15H2,1-4H3,(H,26,29)(H,27,30). The Kier molecular flexibility index (Phi) is 10.2. The minimum Gasteiger partial charge on any atom is -0.483 e. The van der Waals surface area contributed by atoms with Crippen molar-refractivity contribution in [2.24, 2.45) is 0 Å². The molecule has 0 fully saturated rings. The Morgan fingerprint density at radius 1 is 1.09 bits per heavy atom. The van der Waals surface area contributed by atoms with Crippen molar-refractivity contribution in [1.29, 1.82) is 0 Å². The lowest BCUT2D eigenvalue weighted by Crippen LogP contribution is -2.30. The van der Waals surface area contributed by atoms with Gasteiger partial charge in [-0.25, -0.2) is 0 Å². The van der Waals surface area contributed by atoms with E-state index in [2.05, 4.69) is 10.6 Å². The molecule has 0 spiro atoms. The lowest BCUT2D eigenvalue weighted by atomic mass is 10.1. The highest BCUT2D eigenvalue weighted by Gasteiger charge is 2.16. The lowest BCUT2D eigenvalue weighted by Gasteiger charge is -2.18. The van der Waals surface area contributed by atoms with Crippen LogP contribution in [-0.2, 0) is 16.1 Å². The van der Waals surface area contributed by atoms with E-state index in [9.17, 15) is 14.4 Å². The quantitative estimate of drug-likeness (QED) is 0.487. The maximum absolute atomic E-state index is 12.8. The number of halogens is 1. The SMILES string of the molecule is CCOCCN(C)C(=O)c1cc(Cl)cc(C(=O)NCc2ccc(C)cc2OCC(=O)NC)c1. The van der Waals surface area contributed by atoms with E-state index in [0.717, 1.165) is 5.56 Å². The summed E-state index contributed by atoms with van der Waals surface area (Å²) >= 11 is 6.18. The first-order chi connectivity index (χ1) is 15.7. The molecule has 9 heteroatoms. The van der Waals surface area contributed by atoms with Gasteiger partial charge in [0.2, 0.25) is 0 Å². The molecule has 0 saturated carbocycles. The van der Waals surface area contributed by atoms with Crippen molar-refractivity contribution in [2.45, 2.75) is 20.4 Å². The summed E-state index contributed by atoms with van der Waals surface area (Å²) in [5, 5.41) is 5.60. The van der Waals surface area contributed by atoms with E-state index in [4.69, 9.17) is 21.1 Å². The number of benzene rings is 2. The van der Waals surface area contributed by atoms with E-state index < -0.39 is 0 Å². The number of aryl methyl sites for hydroxylation is 1. The average molecular weight is 476 g/mol. The minimum absolute atomic E-state index is 0.128. The molecule has 0 aliphatic heterocycles. The summed E-state index contributed by atoms with van der Waals surface area (Å²) in [6.07, 6.45) is 0. The molecule has 0 heterocycles. The largest absolute Gasteiger partial charge is 0.483 e. The van der Waals surface area contributed by atoms with Crippen molar-refractivity contribution in [2.75, 3.05) is 40.5 Å². The number of likely N-dealkylation sites (N-methyl/N-ethyl adjacent to an activating group) is 2. The number of ether oxygens (including phenoxy) is 2. The number of rotatable bonds is 11. The zero-order valence-electron chi connectivity index (χ0n) is 19.4. The van der Waals surface area contributed by atoms with Crippen LogP contribution in [0.2, 0.25) is 5.02 Å². The van der Waals surface area contributed by atoms with E-state index in [1.165, 1.54) is 30.1 Å². The summed E-state index contributed by atoms with van der Waals surface area (Å²) in [5.41, 5.74) is 2.26. The molecule has 8 nitrogen and oxygen atoms in total. The molecule has 2 N–H and O–H groups in total. The van der Waals surface area contributed by atoms with Crippen molar-refractivity contribution in [1.82, 2.24) is 15.5 Å². The third-order valence-corrected chi connectivity index (χ3v) is 5.05. The van der Waals surface area contributed by atoms with Gasteiger partial charge in [0.1, 0.15) is 5.75 Å². The molecular weight excluding hydrogens is 446 g/mol. The number of carbonyl (C=O) groups is 3. The van der Waals surface area contributed by atoms with Crippen LogP contribution in [0.3, 0.4) is 0 Å². The Labute approximate surface area is 199 Å². The predicted molar refractivity (Wildman–Crippen MR) is 127 cm³/mol. The van der Waals surface area contributed by atoms with Crippen molar-refractivity contribution >= 4 is 29.3 Å². The lowest BCUT2D eigenvalue weighted by molar-refractivity contribution is -0.122. The van der Waals surface area contributed by atoms with E-state index in [-0.39, 0.29) is 41.5 Å². The first-order valence-electron chi connectivity index (χ1n) is 10.6. The number of nitrogens with zero attached hydrogens (tertiary/aromatic N) is 1. The molecule has 0 aliphatic rings. The second-order valence-corrected chi connectivity index (χ2v) is 7.84. The van der Waals surface area contributed by atoms with Gasteiger partial charge < -0.3 is 25.0 Å². The summed E-state index contributed by atoms with van der Waals surface area (Å²) in [5.74, 6) is -0.387.